The fourth-order valence-electron chi connectivity index (χ4n) is 3.38. The van der Waals surface area contributed by atoms with Crippen molar-refractivity contribution in [2.24, 2.45) is 5.41 Å². The molecule has 0 N–H and O–H groups in total. The van der Waals surface area contributed by atoms with Crippen molar-refractivity contribution in [2.45, 2.75) is 39.2 Å². The number of rotatable bonds is 2. The van der Waals surface area contributed by atoms with Crippen LogP contribution in [-0.4, -0.2) is 10.8 Å². The Bertz CT molecular complexity index is 598. The predicted octanol–water partition coefficient (Wildman–Crippen LogP) is 4.35. The summed E-state index contributed by atoms with van der Waals surface area (Å²) >= 11 is 3.64. The summed E-state index contributed by atoms with van der Waals surface area (Å²) in [6, 6.07) is 6.48. The Morgan fingerprint density at radius 3 is 3.00 bits per heavy atom. The second-order valence-corrected chi connectivity index (χ2v) is 6.91. The van der Waals surface area contributed by atoms with E-state index in [4.69, 9.17) is 0 Å². The molecule has 0 spiro atoms. The number of carbonyl (C=O) groups is 1. The lowest BCUT2D eigenvalue weighted by molar-refractivity contribution is -0.127. The Kier molecular flexibility index (Phi) is 3.44. The molecule has 4 heteroatoms. The second kappa shape index (κ2) is 4.99. The third-order valence-electron chi connectivity index (χ3n) is 4.30. The fourth-order valence-corrected chi connectivity index (χ4v) is 4.35. The van der Waals surface area contributed by atoms with Crippen LogP contribution in [0, 0.1) is 11.2 Å². The van der Waals surface area contributed by atoms with Gasteiger partial charge in [-0.3, -0.25) is 4.79 Å². The maximum atomic E-state index is 13.3. The molecule has 0 radical (unpaired) electrons. The van der Waals surface area contributed by atoms with Crippen LogP contribution in [0.25, 0.3) is 0 Å². The molecule has 0 aromatic heterocycles. The van der Waals surface area contributed by atoms with Crippen molar-refractivity contribution < 1.29 is 9.18 Å². The van der Waals surface area contributed by atoms with E-state index in [9.17, 15) is 9.18 Å². The molecule has 3 rings (SSSR count). The second-order valence-electron chi connectivity index (χ2n) is 5.95. The number of hydrogen-bond donors (Lipinski definition) is 0. The Hall–Kier alpha value is -1.16. The monoisotopic (exact) mass is 337 g/mol. The number of fused-ring (bicyclic) bond motifs is 1. The summed E-state index contributed by atoms with van der Waals surface area (Å²) in [5, 5.41) is 0. The summed E-state index contributed by atoms with van der Waals surface area (Å²) in [6.45, 7) is 2.61. The molecule has 2 aliphatic rings. The number of carbonyl (C=O) groups excluding carboxylic acids is 1. The van der Waals surface area contributed by atoms with Crippen molar-refractivity contribution in [3.63, 3.8) is 0 Å². The quantitative estimate of drug-likeness (QED) is 0.785. The lowest BCUT2D eigenvalue weighted by atomic mass is 9.77. The van der Waals surface area contributed by atoms with Crippen LogP contribution < -0.4 is 0 Å². The van der Waals surface area contributed by atoms with Gasteiger partial charge in [0, 0.05) is 22.0 Å². The zero-order chi connectivity index (χ0) is 14.3. The summed E-state index contributed by atoms with van der Waals surface area (Å²) in [5.74, 6) is -0.112. The van der Waals surface area contributed by atoms with Crippen LogP contribution >= 0.6 is 15.9 Å². The van der Waals surface area contributed by atoms with Crippen LogP contribution in [-0.2, 0) is 11.3 Å². The number of likely N-dealkylation sites (tertiary alicyclic amines) is 1. The van der Waals surface area contributed by atoms with Crippen LogP contribution in [0.1, 0.15) is 38.2 Å². The first-order valence-corrected chi connectivity index (χ1v) is 7.73. The van der Waals surface area contributed by atoms with E-state index in [0.29, 0.717) is 13.0 Å². The molecule has 106 valence electrons. The van der Waals surface area contributed by atoms with E-state index >= 15 is 0 Å². The Labute approximate surface area is 126 Å². The molecule has 1 aliphatic carbocycles. The van der Waals surface area contributed by atoms with Gasteiger partial charge in [-0.15, -0.1) is 0 Å². The number of amides is 1. The highest BCUT2D eigenvalue weighted by Crippen LogP contribution is 2.51. The minimum absolute atomic E-state index is 0.0541. The van der Waals surface area contributed by atoms with Crippen molar-refractivity contribution in [1.82, 2.24) is 4.90 Å². The van der Waals surface area contributed by atoms with Crippen molar-refractivity contribution in [2.75, 3.05) is 0 Å². The highest BCUT2D eigenvalue weighted by molar-refractivity contribution is 9.11. The van der Waals surface area contributed by atoms with Crippen LogP contribution in [0.15, 0.2) is 34.4 Å². The van der Waals surface area contributed by atoms with Gasteiger partial charge in [-0.1, -0.05) is 35.0 Å². The molecule has 1 saturated heterocycles. The lowest BCUT2D eigenvalue weighted by Crippen LogP contribution is -2.27. The number of halogens is 2. The molecular weight excluding hydrogens is 321 g/mol. The summed E-state index contributed by atoms with van der Waals surface area (Å²) in [4.78, 5) is 14.2. The van der Waals surface area contributed by atoms with Gasteiger partial charge in [-0.2, -0.15) is 0 Å². The molecule has 1 aromatic carbocycles. The maximum Gasteiger partial charge on any atom is 0.228 e. The number of nitrogens with zero attached hydrogens (tertiary/aromatic N) is 1. The smallest absolute Gasteiger partial charge is 0.228 e. The Morgan fingerprint density at radius 1 is 1.45 bits per heavy atom. The topological polar surface area (TPSA) is 20.3 Å². The highest BCUT2D eigenvalue weighted by Gasteiger charge is 2.46. The van der Waals surface area contributed by atoms with Gasteiger partial charge in [-0.05, 0) is 37.0 Å². The normalized spacial score (nSPS) is 26.1. The van der Waals surface area contributed by atoms with Gasteiger partial charge in [0.1, 0.15) is 5.82 Å². The van der Waals surface area contributed by atoms with Crippen molar-refractivity contribution >= 4 is 21.8 Å². The molecule has 1 fully saturated rings. The minimum Gasteiger partial charge on any atom is -0.310 e. The lowest BCUT2D eigenvalue weighted by Gasteiger charge is -2.33. The van der Waals surface area contributed by atoms with E-state index in [2.05, 4.69) is 22.9 Å². The molecule has 20 heavy (non-hydrogen) atoms. The van der Waals surface area contributed by atoms with Gasteiger partial charge in [0.05, 0.1) is 6.54 Å². The molecule has 1 aliphatic heterocycles. The molecule has 1 aromatic rings. The Morgan fingerprint density at radius 2 is 2.25 bits per heavy atom. The molecule has 1 atom stereocenters. The first-order valence-electron chi connectivity index (χ1n) is 6.93. The van der Waals surface area contributed by atoms with Crippen molar-refractivity contribution in [3.05, 3.63) is 45.8 Å². The van der Waals surface area contributed by atoms with Gasteiger partial charge in [0.15, 0.2) is 0 Å². The predicted molar refractivity (Wildman–Crippen MR) is 79.5 cm³/mol. The summed E-state index contributed by atoms with van der Waals surface area (Å²) in [6.07, 6.45) is 3.70. The molecule has 0 saturated carbocycles. The standard InChI is InChI=1S/C16H17BrFNO/c1-16-7-3-6-13(17)15(16)19(14(20)9-16)10-11-4-2-5-12(18)8-11/h2,4-5,8H,3,6-7,9-10H2,1H3. The van der Waals surface area contributed by atoms with E-state index in [1.54, 1.807) is 6.07 Å². The number of allylic oxidation sites excluding steroid dienone is 2. The molecule has 0 bridgehead atoms. The van der Waals surface area contributed by atoms with Crippen LogP contribution in [0.3, 0.4) is 0 Å². The molecule has 1 amide bonds. The van der Waals surface area contributed by atoms with Gasteiger partial charge in [-0.25, -0.2) is 4.39 Å². The molecule has 1 unspecified atom stereocenters. The van der Waals surface area contributed by atoms with Gasteiger partial charge < -0.3 is 4.90 Å². The van der Waals surface area contributed by atoms with E-state index in [1.807, 2.05) is 11.0 Å². The number of benzene rings is 1. The van der Waals surface area contributed by atoms with E-state index in [1.165, 1.54) is 12.1 Å². The average molecular weight is 338 g/mol. The van der Waals surface area contributed by atoms with Gasteiger partial charge in [0.25, 0.3) is 0 Å². The average Bonchev–Trinajstić information content (AvgIpc) is 2.61. The van der Waals surface area contributed by atoms with Crippen molar-refractivity contribution in [1.29, 1.82) is 0 Å². The van der Waals surface area contributed by atoms with Crippen LogP contribution in [0.2, 0.25) is 0 Å². The summed E-state index contributed by atoms with van der Waals surface area (Å²) in [7, 11) is 0. The third kappa shape index (κ3) is 2.30. The SMILES string of the molecule is CC12CCCC(Br)=C1N(Cc1cccc(F)c1)C(=O)C2. The molecular formula is C16H17BrFNO. The van der Waals surface area contributed by atoms with Gasteiger partial charge in [0.2, 0.25) is 5.91 Å². The first-order chi connectivity index (χ1) is 9.49. The Balaban J connectivity index is 1.95. The fraction of sp³-hybridized carbons (Fsp3) is 0.438. The first kappa shape index (κ1) is 13.8. The zero-order valence-electron chi connectivity index (χ0n) is 11.5. The number of hydrogen-bond acceptors (Lipinski definition) is 1. The largest absolute Gasteiger partial charge is 0.310 e. The van der Waals surface area contributed by atoms with Gasteiger partial charge >= 0.3 is 0 Å². The highest BCUT2D eigenvalue weighted by atomic mass is 79.9. The third-order valence-corrected chi connectivity index (χ3v) is 5.07. The van der Waals surface area contributed by atoms with E-state index in [0.717, 1.165) is 35.0 Å². The van der Waals surface area contributed by atoms with Crippen LogP contribution in [0.5, 0.6) is 0 Å². The van der Waals surface area contributed by atoms with Crippen LogP contribution in [0.4, 0.5) is 4.39 Å². The van der Waals surface area contributed by atoms with E-state index < -0.39 is 0 Å². The van der Waals surface area contributed by atoms with E-state index in [-0.39, 0.29) is 17.1 Å². The van der Waals surface area contributed by atoms with Crippen molar-refractivity contribution in [3.8, 4) is 0 Å². The zero-order valence-corrected chi connectivity index (χ0v) is 13.0. The summed E-state index contributed by atoms with van der Waals surface area (Å²) in [5.41, 5.74) is 1.89. The summed E-state index contributed by atoms with van der Waals surface area (Å²) < 4.78 is 14.4. The maximum absolute atomic E-state index is 13.3. The molecule has 1 heterocycles. The molecule has 2 nitrogen and oxygen atoms in total. The minimum atomic E-state index is -0.256.